The van der Waals surface area contributed by atoms with Crippen LogP contribution in [0.4, 0.5) is 4.79 Å². The van der Waals surface area contributed by atoms with E-state index in [4.69, 9.17) is 16.3 Å². The van der Waals surface area contributed by atoms with Crippen LogP contribution in [0.15, 0.2) is 0 Å². The van der Waals surface area contributed by atoms with Crippen LogP contribution in [0.3, 0.4) is 0 Å². The van der Waals surface area contributed by atoms with Crippen molar-refractivity contribution in [1.82, 2.24) is 9.80 Å². The predicted octanol–water partition coefficient (Wildman–Crippen LogP) is 2.33. The summed E-state index contributed by atoms with van der Waals surface area (Å²) in [6, 6.07) is 0. The minimum atomic E-state index is -0.474. The van der Waals surface area contributed by atoms with Crippen molar-refractivity contribution in [3.8, 4) is 0 Å². The number of hydrogen-bond acceptors (Lipinski definition) is 3. The van der Waals surface area contributed by atoms with Crippen molar-refractivity contribution < 1.29 is 14.3 Å². The number of rotatable bonds is 2. The molecule has 0 aromatic rings. The summed E-state index contributed by atoms with van der Waals surface area (Å²) in [6.45, 7) is 10.5. The maximum atomic E-state index is 12.2. The molecule has 0 aromatic carbocycles. The number of fused-ring (bicyclic) bond motifs is 1. The number of nitrogens with zero attached hydrogens (tertiary/aromatic N) is 2. The summed E-state index contributed by atoms with van der Waals surface area (Å²) in [7, 11) is 0. The van der Waals surface area contributed by atoms with Gasteiger partial charge in [0.15, 0.2) is 0 Å². The van der Waals surface area contributed by atoms with Crippen LogP contribution < -0.4 is 0 Å². The molecule has 120 valence electrons. The third-order valence-electron chi connectivity index (χ3n) is 4.28. The number of amides is 2. The number of halogens is 1. The third-order valence-corrected chi connectivity index (χ3v) is 4.47. The molecule has 2 unspecified atom stereocenters. The smallest absolute Gasteiger partial charge is 0.410 e. The van der Waals surface area contributed by atoms with E-state index in [-0.39, 0.29) is 17.4 Å². The van der Waals surface area contributed by atoms with Gasteiger partial charge in [0.25, 0.3) is 0 Å². The fraction of sp³-hybridized carbons (Fsp3) is 0.867. The van der Waals surface area contributed by atoms with Gasteiger partial charge >= 0.3 is 6.09 Å². The number of likely N-dealkylation sites (tertiary alicyclic amines) is 2. The number of carbonyl (C=O) groups is 2. The lowest BCUT2D eigenvalue weighted by molar-refractivity contribution is -0.130. The molecule has 2 atom stereocenters. The lowest BCUT2D eigenvalue weighted by Crippen LogP contribution is -2.40. The zero-order chi connectivity index (χ0) is 15.8. The highest BCUT2D eigenvalue weighted by Crippen LogP contribution is 2.42. The van der Waals surface area contributed by atoms with Crippen molar-refractivity contribution in [2.24, 2.45) is 11.3 Å². The fourth-order valence-corrected chi connectivity index (χ4v) is 3.40. The Labute approximate surface area is 131 Å². The van der Waals surface area contributed by atoms with Crippen molar-refractivity contribution >= 4 is 23.6 Å². The second-order valence-corrected chi connectivity index (χ2v) is 7.80. The summed E-state index contributed by atoms with van der Waals surface area (Å²) in [4.78, 5) is 27.8. The summed E-state index contributed by atoms with van der Waals surface area (Å²) >= 11 is 5.64. The minimum Gasteiger partial charge on any atom is -0.444 e. The molecule has 2 amide bonds. The fourth-order valence-electron chi connectivity index (χ4n) is 3.23. The van der Waals surface area contributed by atoms with Gasteiger partial charge in [-0.1, -0.05) is 6.92 Å². The zero-order valence-corrected chi connectivity index (χ0v) is 14.1. The summed E-state index contributed by atoms with van der Waals surface area (Å²) in [6.07, 6.45) is 0.136. The monoisotopic (exact) mass is 316 g/mol. The lowest BCUT2D eigenvalue weighted by Gasteiger charge is -2.27. The highest BCUT2D eigenvalue weighted by molar-refractivity contribution is 6.18. The van der Waals surface area contributed by atoms with Gasteiger partial charge in [-0.3, -0.25) is 4.79 Å². The van der Waals surface area contributed by atoms with Gasteiger partial charge in [0.2, 0.25) is 5.91 Å². The van der Waals surface area contributed by atoms with Crippen LogP contribution >= 0.6 is 11.6 Å². The Hall–Kier alpha value is -0.970. The quantitative estimate of drug-likeness (QED) is 0.735. The summed E-state index contributed by atoms with van der Waals surface area (Å²) < 4.78 is 5.43. The average molecular weight is 317 g/mol. The Morgan fingerprint density at radius 1 is 1.24 bits per heavy atom. The van der Waals surface area contributed by atoms with Crippen LogP contribution in [-0.4, -0.2) is 59.5 Å². The van der Waals surface area contributed by atoms with E-state index in [0.717, 1.165) is 0 Å². The van der Waals surface area contributed by atoms with Gasteiger partial charge in [-0.2, -0.15) is 0 Å². The molecular weight excluding hydrogens is 292 g/mol. The van der Waals surface area contributed by atoms with Gasteiger partial charge in [-0.15, -0.1) is 11.6 Å². The molecule has 0 spiro atoms. The molecule has 2 aliphatic heterocycles. The van der Waals surface area contributed by atoms with E-state index >= 15 is 0 Å². The molecule has 6 heteroatoms. The standard InChI is InChI=1S/C15H25ClN2O3/c1-14(2,3)21-13(20)18-8-11-7-17(12(19)5-6-16)9-15(11,4)10-18/h11H,5-10H2,1-4H3. The Bertz CT molecular complexity index is 435. The van der Waals surface area contributed by atoms with Crippen molar-refractivity contribution in [2.45, 2.75) is 39.7 Å². The number of alkyl halides is 1. The van der Waals surface area contributed by atoms with Gasteiger partial charge in [0.05, 0.1) is 0 Å². The normalized spacial score (nSPS) is 28.7. The van der Waals surface area contributed by atoms with Crippen LogP contribution in [0.1, 0.15) is 34.1 Å². The average Bonchev–Trinajstić information content (AvgIpc) is 2.79. The van der Waals surface area contributed by atoms with E-state index in [9.17, 15) is 9.59 Å². The minimum absolute atomic E-state index is 0.0289. The molecule has 0 N–H and O–H groups in total. The first kappa shape index (κ1) is 16.4. The number of hydrogen-bond donors (Lipinski definition) is 0. The SMILES string of the molecule is CC(C)(C)OC(=O)N1CC2CN(C(=O)CCCl)CC2(C)C1. The first-order valence-corrected chi connectivity index (χ1v) is 8.00. The van der Waals surface area contributed by atoms with Crippen LogP contribution in [0.2, 0.25) is 0 Å². The Balaban J connectivity index is 1.95. The lowest BCUT2D eigenvalue weighted by atomic mass is 9.83. The van der Waals surface area contributed by atoms with E-state index in [0.29, 0.717) is 44.4 Å². The second-order valence-electron chi connectivity index (χ2n) is 7.43. The van der Waals surface area contributed by atoms with Gasteiger partial charge in [-0.25, -0.2) is 4.79 Å². The summed E-state index contributed by atoms with van der Waals surface area (Å²) in [5, 5.41) is 0. The maximum Gasteiger partial charge on any atom is 0.410 e. The Morgan fingerprint density at radius 3 is 2.33 bits per heavy atom. The zero-order valence-electron chi connectivity index (χ0n) is 13.3. The molecule has 2 saturated heterocycles. The molecule has 21 heavy (non-hydrogen) atoms. The van der Waals surface area contributed by atoms with Gasteiger partial charge < -0.3 is 14.5 Å². The van der Waals surface area contributed by atoms with Crippen molar-refractivity contribution in [2.75, 3.05) is 32.1 Å². The van der Waals surface area contributed by atoms with Crippen LogP contribution in [0.5, 0.6) is 0 Å². The van der Waals surface area contributed by atoms with E-state index < -0.39 is 5.60 Å². The van der Waals surface area contributed by atoms with Crippen molar-refractivity contribution in [1.29, 1.82) is 0 Å². The van der Waals surface area contributed by atoms with Crippen LogP contribution in [0, 0.1) is 11.3 Å². The van der Waals surface area contributed by atoms with Gasteiger partial charge in [-0.05, 0) is 20.8 Å². The molecule has 5 nitrogen and oxygen atoms in total. The highest BCUT2D eigenvalue weighted by atomic mass is 35.5. The first-order valence-electron chi connectivity index (χ1n) is 7.46. The second kappa shape index (κ2) is 5.67. The first-order chi connectivity index (χ1) is 9.64. The van der Waals surface area contributed by atoms with Crippen molar-refractivity contribution in [3.05, 3.63) is 0 Å². The van der Waals surface area contributed by atoms with E-state index in [1.54, 1.807) is 4.90 Å². The molecule has 0 saturated carbocycles. The van der Waals surface area contributed by atoms with E-state index in [2.05, 4.69) is 6.92 Å². The molecule has 2 rings (SSSR count). The van der Waals surface area contributed by atoms with E-state index in [1.807, 2.05) is 25.7 Å². The maximum absolute atomic E-state index is 12.2. The summed E-state index contributed by atoms with van der Waals surface area (Å²) in [5.74, 6) is 0.800. The molecule has 2 heterocycles. The molecular formula is C15H25ClN2O3. The molecule has 2 aliphatic rings. The number of carbonyl (C=O) groups excluding carboxylic acids is 2. The van der Waals surface area contributed by atoms with Crippen LogP contribution in [-0.2, 0) is 9.53 Å². The highest BCUT2D eigenvalue weighted by Gasteiger charge is 2.51. The topological polar surface area (TPSA) is 49.9 Å². The molecule has 0 aromatic heterocycles. The van der Waals surface area contributed by atoms with Gasteiger partial charge in [0.1, 0.15) is 5.60 Å². The van der Waals surface area contributed by atoms with Crippen molar-refractivity contribution in [3.63, 3.8) is 0 Å². The third kappa shape index (κ3) is 3.62. The number of ether oxygens (including phenoxy) is 1. The van der Waals surface area contributed by atoms with E-state index in [1.165, 1.54) is 0 Å². The molecule has 0 bridgehead atoms. The predicted molar refractivity (Wildman–Crippen MR) is 81.3 cm³/mol. The van der Waals surface area contributed by atoms with Gasteiger partial charge in [0, 0.05) is 49.8 Å². The largest absolute Gasteiger partial charge is 0.444 e. The molecule has 0 radical (unpaired) electrons. The molecule has 2 fully saturated rings. The summed E-state index contributed by atoms with van der Waals surface area (Å²) in [5.41, 5.74) is -0.503. The molecule has 0 aliphatic carbocycles. The Morgan fingerprint density at radius 2 is 1.81 bits per heavy atom. The Kier molecular flexibility index (Phi) is 4.43. The van der Waals surface area contributed by atoms with Crippen LogP contribution in [0.25, 0.3) is 0 Å².